The summed E-state index contributed by atoms with van der Waals surface area (Å²) in [6.07, 6.45) is 12.3. The van der Waals surface area contributed by atoms with E-state index in [9.17, 15) is 14.4 Å². The molecule has 0 bridgehead atoms. The molecule has 0 spiro atoms. The maximum Gasteiger partial charge on any atom is 0.303 e. The Morgan fingerprint density at radius 2 is 0.862 bits per heavy atom. The first-order chi connectivity index (χ1) is 42.6. The van der Waals surface area contributed by atoms with Crippen molar-refractivity contribution < 1.29 is 66.5 Å². The van der Waals surface area contributed by atoms with E-state index in [2.05, 4.69) is 19.1 Å². The van der Waals surface area contributed by atoms with Crippen molar-refractivity contribution in [2.75, 3.05) is 13.2 Å². The quantitative estimate of drug-likeness (QED) is 0.0208. The smallest absolute Gasteiger partial charge is 0.303 e. The van der Waals surface area contributed by atoms with Gasteiger partial charge < -0.3 is 52.1 Å². The van der Waals surface area contributed by atoms with E-state index in [0.29, 0.717) is 12.8 Å². The van der Waals surface area contributed by atoms with Gasteiger partial charge in [-0.05, 0) is 40.7 Å². The van der Waals surface area contributed by atoms with Crippen LogP contribution in [0.4, 0.5) is 0 Å². The van der Waals surface area contributed by atoms with Crippen molar-refractivity contribution in [2.45, 2.75) is 231 Å². The van der Waals surface area contributed by atoms with E-state index < -0.39 is 85.4 Å². The van der Waals surface area contributed by atoms with Gasteiger partial charge in [0.15, 0.2) is 24.8 Å². The lowest BCUT2D eigenvalue weighted by molar-refractivity contribution is -0.373. The Morgan fingerprint density at radius 1 is 0.437 bits per heavy atom. The summed E-state index contributed by atoms with van der Waals surface area (Å²) in [4.78, 5) is 39.7. The zero-order valence-electron chi connectivity index (χ0n) is 51.9. The minimum atomic E-state index is -1.36. The van der Waals surface area contributed by atoms with Gasteiger partial charge in [-0.3, -0.25) is 14.4 Å². The molecule has 14 nitrogen and oxygen atoms in total. The number of rotatable bonds is 40. The summed E-state index contributed by atoms with van der Waals surface area (Å²) < 4.78 is 73.8. The molecule has 0 radical (unpaired) electrons. The molecule has 5 aromatic carbocycles. The topological polar surface area (TPSA) is 153 Å². The van der Waals surface area contributed by atoms with Crippen molar-refractivity contribution in [2.24, 2.45) is 0 Å². The van der Waals surface area contributed by atoms with E-state index in [0.717, 1.165) is 47.1 Å². The second-order valence-electron chi connectivity index (χ2n) is 23.0. The zero-order chi connectivity index (χ0) is 61.1. The number of esters is 3. The van der Waals surface area contributed by atoms with Crippen molar-refractivity contribution in [1.29, 1.82) is 0 Å². The minimum Gasteiger partial charge on any atom is -0.463 e. The van der Waals surface area contributed by atoms with E-state index in [4.69, 9.17) is 52.1 Å². The molecule has 2 aliphatic rings. The highest BCUT2D eigenvalue weighted by Crippen LogP contribution is 2.37. The van der Waals surface area contributed by atoms with Crippen LogP contribution in [-0.2, 0) is 92.9 Å². The van der Waals surface area contributed by atoms with Crippen LogP contribution in [0.15, 0.2) is 158 Å². The summed E-state index contributed by atoms with van der Waals surface area (Å²) in [5.41, 5.74) is 4.61. The molecule has 2 heterocycles. The molecular weight excluding hydrogens is 1100 g/mol. The number of hydrogen-bond donors (Lipinski definition) is 0. The summed E-state index contributed by atoms with van der Waals surface area (Å²) in [5, 5.41) is 0. The SMILES string of the molecule is CCCCCCCCCCCCCCCCCC(C/C=C/c1ccccc1)O[C@@H]1O[C@H](COCc2ccccc2)[C@H](O[C@H]2O[C@H](COC(C)=O)[C@@H](OCc3ccccc3)[C@H](OCc3ccccc3)[C@H]2OCc2ccccc2)[C@H](OC(C)=O)[C@H]1OC(C)=O. The monoisotopic (exact) mass is 1200 g/mol. The average molecular weight is 1200 g/mol. The Balaban J connectivity index is 1.19. The first-order valence-electron chi connectivity index (χ1n) is 32.0. The second-order valence-corrected chi connectivity index (χ2v) is 23.0. The van der Waals surface area contributed by atoms with E-state index in [-0.39, 0.29) is 39.6 Å². The Hall–Kier alpha value is -6.07. The van der Waals surface area contributed by atoms with Crippen LogP contribution in [0.5, 0.6) is 0 Å². The number of unbranched alkanes of at least 4 members (excludes halogenated alkanes) is 14. The largest absolute Gasteiger partial charge is 0.463 e. The van der Waals surface area contributed by atoms with Crippen molar-refractivity contribution >= 4 is 24.0 Å². The summed E-state index contributed by atoms with van der Waals surface area (Å²) in [5.74, 6) is -1.85. The Labute approximate surface area is 517 Å². The van der Waals surface area contributed by atoms with Gasteiger partial charge in [0.25, 0.3) is 0 Å². The fraction of sp³-hybridized carbons (Fsp3) is 0.521. The summed E-state index contributed by atoms with van der Waals surface area (Å²) in [6.45, 7) is 6.47. The van der Waals surface area contributed by atoms with E-state index in [1.54, 1.807) is 0 Å². The highest BCUT2D eigenvalue weighted by atomic mass is 16.8. The Morgan fingerprint density at radius 3 is 1.36 bits per heavy atom. The lowest BCUT2D eigenvalue weighted by Gasteiger charge is -2.50. The molecule has 472 valence electrons. The van der Waals surface area contributed by atoms with E-state index in [1.807, 2.05) is 152 Å². The predicted octanol–water partition coefficient (Wildman–Crippen LogP) is 15.0. The van der Waals surface area contributed by atoms with Gasteiger partial charge in [0.05, 0.1) is 39.1 Å². The van der Waals surface area contributed by atoms with Crippen LogP contribution in [0.2, 0.25) is 0 Å². The molecule has 5 aromatic rings. The first kappa shape index (κ1) is 68.4. The molecule has 7 rings (SSSR count). The fourth-order valence-corrected chi connectivity index (χ4v) is 11.2. The van der Waals surface area contributed by atoms with Crippen LogP contribution in [0, 0.1) is 0 Å². The van der Waals surface area contributed by atoms with Gasteiger partial charge >= 0.3 is 17.9 Å². The highest BCUT2D eigenvalue weighted by Gasteiger charge is 2.56. The maximum absolute atomic E-state index is 13.6. The Bertz CT molecular complexity index is 2660. The molecule has 0 amide bonds. The number of carbonyl (C=O) groups is 3. The van der Waals surface area contributed by atoms with E-state index in [1.165, 1.54) is 97.8 Å². The molecule has 87 heavy (non-hydrogen) atoms. The lowest BCUT2D eigenvalue weighted by atomic mass is 9.95. The third-order valence-corrected chi connectivity index (χ3v) is 15.7. The highest BCUT2D eigenvalue weighted by molar-refractivity contribution is 5.67. The van der Waals surface area contributed by atoms with Crippen LogP contribution >= 0.6 is 0 Å². The first-order valence-corrected chi connectivity index (χ1v) is 32.0. The van der Waals surface area contributed by atoms with Crippen molar-refractivity contribution in [3.63, 3.8) is 0 Å². The van der Waals surface area contributed by atoms with Gasteiger partial charge in [0.2, 0.25) is 0 Å². The molecule has 2 fully saturated rings. The summed E-state index contributed by atoms with van der Waals surface area (Å²) in [6, 6.07) is 49.0. The van der Waals surface area contributed by atoms with Gasteiger partial charge in [-0.25, -0.2) is 0 Å². The molecule has 0 saturated carbocycles. The standard InChI is InChI=1S/C73H96O14/c1-5-6-7-8-9-10-11-12-13-14-15-16-17-18-34-47-63(48-35-46-58-36-24-19-25-37-58)84-73-71(83-57(4)76)69(82-56(3)75)67(64(85-73)53-77-49-59-38-26-20-27-39-59)87-72-70(81-52-62-44-32-23-33-45-62)68(80-51-61-42-30-22-31-43-61)66(65(86-72)54-78-55(2)74)79-50-60-40-28-21-29-41-60/h19-33,35-46,63-73H,5-18,34,47-54H2,1-4H3/b46-35+/t63?,64-,65-,66-,67+,68+,69+,70-,71-,72-,73-/m1/s1. The average Bonchev–Trinajstić information content (AvgIpc) is 2.38. The van der Waals surface area contributed by atoms with Gasteiger partial charge in [-0.1, -0.05) is 267 Å². The maximum atomic E-state index is 13.6. The normalized spacial score (nSPS) is 22.4. The lowest BCUT2D eigenvalue weighted by Crippen LogP contribution is -2.67. The summed E-state index contributed by atoms with van der Waals surface area (Å²) >= 11 is 0. The molecule has 0 aromatic heterocycles. The van der Waals surface area contributed by atoms with Crippen LogP contribution in [0.25, 0.3) is 6.08 Å². The summed E-state index contributed by atoms with van der Waals surface area (Å²) in [7, 11) is 0. The third-order valence-electron chi connectivity index (χ3n) is 15.7. The second kappa shape index (κ2) is 39.7. The van der Waals surface area contributed by atoms with Crippen molar-refractivity contribution in [1.82, 2.24) is 0 Å². The Kier molecular flexibility index (Phi) is 31.3. The number of ether oxygens (including phenoxy) is 11. The third kappa shape index (κ3) is 25.1. The molecule has 14 heteroatoms. The van der Waals surface area contributed by atoms with Crippen molar-refractivity contribution in [3.05, 3.63) is 186 Å². The molecular formula is C73H96O14. The number of carbonyl (C=O) groups excluding carboxylic acids is 3. The van der Waals surface area contributed by atoms with Crippen LogP contribution in [0.1, 0.15) is 165 Å². The van der Waals surface area contributed by atoms with Crippen LogP contribution in [0.3, 0.4) is 0 Å². The minimum absolute atomic E-state index is 0.0858. The number of benzene rings is 5. The van der Waals surface area contributed by atoms with Gasteiger partial charge in [0.1, 0.15) is 43.2 Å². The molecule has 11 atom stereocenters. The van der Waals surface area contributed by atoms with Gasteiger partial charge in [0, 0.05) is 20.8 Å². The van der Waals surface area contributed by atoms with Crippen LogP contribution < -0.4 is 0 Å². The van der Waals surface area contributed by atoms with Gasteiger partial charge in [-0.15, -0.1) is 0 Å². The van der Waals surface area contributed by atoms with E-state index >= 15 is 0 Å². The fourth-order valence-electron chi connectivity index (χ4n) is 11.2. The number of hydrogen-bond acceptors (Lipinski definition) is 14. The zero-order valence-corrected chi connectivity index (χ0v) is 51.9. The molecule has 2 aliphatic heterocycles. The predicted molar refractivity (Wildman–Crippen MR) is 336 cm³/mol. The molecule has 0 N–H and O–H groups in total. The molecule has 0 aliphatic carbocycles. The van der Waals surface area contributed by atoms with Crippen LogP contribution in [-0.4, -0.2) is 98.6 Å². The van der Waals surface area contributed by atoms with Crippen molar-refractivity contribution in [3.8, 4) is 0 Å². The molecule has 2 saturated heterocycles. The molecule has 1 unspecified atom stereocenters. The van der Waals surface area contributed by atoms with Gasteiger partial charge in [-0.2, -0.15) is 0 Å².